The molecule has 0 unspecified atom stereocenters. The van der Waals surface area contributed by atoms with Crippen LogP contribution in [0.15, 0.2) is 60.7 Å². The van der Waals surface area contributed by atoms with Crippen LogP contribution in [0.4, 0.5) is 4.79 Å². The number of carbonyl (C=O) groups excluding carboxylic acids is 3. The fourth-order valence-electron chi connectivity index (χ4n) is 4.76. The molecular weight excluding hydrogens is 446 g/mol. The minimum absolute atomic E-state index is 0.213. The van der Waals surface area contributed by atoms with Gasteiger partial charge in [0.15, 0.2) is 23.4 Å². The second kappa shape index (κ2) is 8.61. The predicted molar refractivity (Wildman–Crippen MR) is 129 cm³/mol. The molecule has 2 aromatic carbocycles. The van der Waals surface area contributed by atoms with Gasteiger partial charge in [-0.05, 0) is 44.5 Å². The van der Waals surface area contributed by atoms with Crippen LogP contribution in [0.3, 0.4) is 0 Å². The van der Waals surface area contributed by atoms with Crippen molar-refractivity contribution in [2.75, 3.05) is 13.2 Å². The van der Waals surface area contributed by atoms with Crippen LogP contribution < -0.4 is 14.8 Å². The van der Waals surface area contributed by atoms with Crippen LogP contribution in [0.5, 0.6) is 11.5 Å². The maximum absolute atomic E-state index is 13.2. The van der Waals surface area contributed by atoms with Gasteiger partial charge in [0.1, 0.15) is 12.1 Å². The van der Waals surface area contributed by atoms with Crippen LogP contribution in [0.2, 0.25) is 0 Å². The SMILES string of the molecule is Cc1cc(C(=O)CN2C(=O)N[C@@](C)(c3ccccc3)C2=O)c(C)n1C[C@H]1COc2ccccc2O1. The van der Waals surface area contributed by atoms with Gasteiger partial charge in [-0.3, -0.25) is 14.5 Å². The predicted octanol–water partition coefficient (Wildman–Crippen LogP) is 3.59. The smallest absolute Gasteiger partial charge is 0.325 e. The van der Waals surface area contributed by atoms with Crippen molar-refractivity contribution in [3.8, 4) is 11.5 Å². The molecule has 1 aromatic heterocycles. The van der Waals surface area contributed by atoms with Crippen molar-refractivity contribution in [1.82, 2.24) is 14.8 Å². The van der Waals surface area contributed by atoms with E-state index in [1.165, 1.54) is 0 Å². The van der Waals surface area contributed by atoms with Crippen LogP contribution in [-0.4, -0.2) is 46.4 Å². The zero-order valence-electron chi connectivity index (χ0n) is 19.9. The summed E-state index contributed by atoms with van der Waals surface area (Å²) in [5.74, 6) is 0.678. The lowest BCUT2D eigenvalue weighted by molar-refractivity contribution is -0.130. The maximum atomic E-state index is 13.2. The van der Waals surface area contributed by atoms with Crippen molar-refractivity contribution in [2.24, 2.45) is 0 Å². The minimum Gasteiger partial charge on any atom is -0.486 e. The maximum Gasteiger partial charge on any atom is 0.325 e. The Labute approximate surface area is 203 Å². The molecule has 1 saturated heterocycles. The van der Waals surface area contributed by atoms with E-state index in [9.17, 15) is 14.4 Å². The van der Waals surface area contributed by atoms with E-state index < -0.39 is 17.5 Å². The number of para-hydroxylation sites is 2. The van der Waals surface area contributed by atoms with E-state index in [1.807, 2.05) is 60.9 Å². The second-order valence-corrected chi connectivity index (χ2v) is 9.13. The summed E-state index contributed by atoms with van der Waals surface area (Å²) in [5, 5.41) is 2.75. The molecule has 3 amide bonds. The number of imide groups is 1. The van der Waals surface area contributed by atoms with Gasteiger partial charge >= 0.3 is 6.03 Å². The quantitative estimate of drug-likeness (QED) is 0.437. The number of ether oxygens (including phenoxy) is 2. The fraction of sp³-hybridized carbons (Fsp3) is 0.296. The number of nitrogens with one attached hydrogen (secondary N) is 1. The van der Waals surface area contributed by atoms with E-state index in [0.717, 1.165) is 22.0 Å². The first kappa shape index (κ1) is 22.7. The standard InChI is InChI=1S/C27H27N3O5/c1-17-13-21(18(2)29(17)14-20-16-34-23-11-7-8-12-24(23)35-20)22(31)15-30-25(32)27(3,28-26(30)33)19-9-5-4-6-10-19/h4-13,20H,14-16H2,1-3H3,(H,28,33)/t20-,27-/m0/s1. The summed E-state index contributed by atoms with van der Waals surface area (Å²) in [7, 11) is 0. The topological polar surface area (TPSA) is 89.9 Å². The molecule has 0 saturated carbocycles. The Morgan fingerprint density at radius 3 is 2.49 bits per heavy atom. The number of hydrogen-bond acceptors (Lipinski definition) is 5. The molecule has 0 aliphatic carbocycles. The normalized spacial score (nSPS) is 21.2. The lowest BCUT2D eigenvalue weighted by Crippen LogP contribution is -2.41. The Kier molecular flexibility index (Phi) is 5.59. The molecule has 1 N–H and O–H groups in total. The molecule has 180 valence electrons. The molecule has 3 aromatic rings. The van der Waals surface area contributed by atoms with E-state index in [0.29, 0.717) is 30.0 Å². The van der Waals surface area contributed by atoms with E-state index >= 15 is 0 Å². The van der Waals surface area contributed by atoms with Gasteiger partial charge in [-0.25, -0.2) is 4.79 Å². The number of urea groups is 1. The number of Topliss-reactive ketones (excluding diaryl/α,β-unsaturated/α-hetero) is 1. The fourth-order valence-corrected chi connectivity index (χ4v) is 4.76. The second-order valence-electron chi connectivity index (χ2n) is 9.13. The molecule has 2 atom stereocenters. The largest absolute Gasteiger partial charge is 0.486 e. The van der Waals surface area contributed by atoms with Gasteiger partial charge in [0.05, 0.1) is 13.1 Å². The summed E-state index contributed by atoms with van der Waals surface area (Å²) in [6.07, 6.45) is -0.213. The van der Waals surface area contributed by atoms with Crippen LogP contribution in [0.25, 0.3) is 0 Å². The number of ketones is 1. The average molecular weight is 474 g/mol. The highest BCUT2D eigenvalue weighted by molar-refractivity contribution is 6.11. The summed E-state index contributed by atoms with van der Waals surface area (Å²) in [5.41, 5.74) is 1.59. The highest BCUT2D eigenvalue weighted by Gasteiger charge is 2.49. The monoisotopic (exact) mass is 473 g/mol. The molecule has 0 bridgehead atoms. The van der Waals surface area contributed by atoms with Crippen LogP contribution in [0, 0.1) is 13.8 Å². The highest BCUT2D eigenvalue weighted by atomic mass is 16.6. The zero-order chi connectivity index (χ0) is 24.7. The molecule has 2 aliphatic heterocycles. The van der Waals surface area contributed by atoms with Crippen molar-refractivity contribution in [3.05, 3.63) is 83.2 Å². The average Bonchev–Trinajstić information content (AvgIpc) is 3.27. The third kappa shape index (κ3) is 3.95. The Hall–Kier alpha value is -4.07. The summed E-state index contributed by atoms with van der Waals surface area (Å²) in [6, 6.07) is 17.8. The van der Waals surface area contributed by atoms with Crippen molar-refractivity contribution in [1.29, 1.82) is 0 Å². The number of nitrogens with zero attached hydrogens (tertiary/aromatic N) is 2. The van der Waals surface area contributed by atoms with Gasteiger partial charge in [0.25, 0.3) is 5.91 Å². The van der Waals surface area contributed by atoms with Gasteiger partial charge in [-0.1, -0.05) is 42.5 Å². The summed E-state index contributed by atoms with van der Waals surface area (Å²) < 4.78 is 13.9. The lowest BCUT2D eigenvalue weighted by atomic mass is 9.92. The molecule has 5 rings (SSSR count). The number of aryl methyl sites for hydroxylation is 1. The Morgan fingerprint density at radius 1 is 1.06 bits per heavy atom. The number of hydrogen-bond donors (Lipinski definition) is 1. The molecule has 35 heavy (non-hydrogen) atoms. The van der Waals surface area contributed by atoms with Crippen molar-refractivity contribution >= 4 is 17.7 Å². The zero-order valence-corrected chi connectivity index (χ0v) is 19.9. The molecule has 1 fully saturated rings. The number of carbonyl (C=O) groups is 3. The Bertz CT molecular complexity index is 1320. The van der Waals surface area contributed by atoms with E-state index in [1.54, 1.807) is 25.1 Å². The Balaban J connectivity index is 1.32. The van der Waals surface area contributed by atoms with Crippen LogP contribution in [0.1, 0.15) is 34.2 Å². The first-order chi connectivity index (χ1) is 16.8. The third-order valence-corrected chi connectivity index (χ3v) is 6.76. The summed E-state index contributed by atoms with van der Waals surface area (Å²) in [4.78, 5) is 40.1. The van der Waals surface area contributed by atoms with Crippen LogP contribution in [-0.2, 0) is 16.9 Å². The molecular formula is C27H27N3O5. The highest BCUT2D eigenvalue weighted by Crippen LogP contribution is 2.32. The van der Waals surface area contributed by atoms with Gasteiger partial charge < -0.3 is 19.4 Å². The molecule has 8 heteroatoms. The first-order valence-corrected chi connectivity index (χ1v) is 11.6. The summed E-state index contributed by atoms with van der Waals surface area (Å²) in [6.45, 7) is 6.02. The van der Waals surface area contributed by atoms with Gasteiger partial charge in [0, 0.05) is 17.0 Å². The third-order valence-electron chi connectivity index (χ3n) is 6.76. The summed E-state index contributed by atoms with van der Waals surface area (Å²) >= 11 is 0. The van der Waals surface area contributed by atoms with E-state index in [-0.39, 0.29) is 18.4 Å². The number of rotatable bonds is 6. The lowest BCUT2D eigenvalue weighted by Gasteiger charge is -2.27. The number of amides is 3. The van der Waals surface area contributed by atoms with Crippen LogP contribution >= 0.6 is 0 Å². The van der Waals surface area contributed by atoms with Gasteiger partial charge in [-0.2, -0.15) is 0 Å². The van der Waals surface area contributed by atoms with Crippen molar-refractivity contribution in [2.45, 2.75) is 39.0 Å². The van der Waals surface area contributed by atoms with Crippen molar-refractivity contribution in [3.63, 3.8) is 0 Å². The Morgan fingerprint density at radius 2 is 1.74 bits per heavy atom. The van der Waals surface area contributed by atoms with E-state index in [4.69, 9.17) is 9.47 Å². The van der Waals surface area contributed by atoms with Gasteiger partial charge in [-0.15, -0.1) is 0 Å². The van der Waals surface area contributed by atoms with Crippen molar-refractivity contribution < 1.29 is 23.9 Å². The molecule has 3 heterocycles. The molecule has 0 radical (unpaired) electrons. The minimum atomic E-state index is -1.20. The number of fused-ring (bicyclic) bond motifs is 1. The first-order valence-electron chi connectivity index (χ1n) is 11.6. The van der Waals surface area contributed by atoms with E-state index in [2.05, 4.69) is 5.32 Å². The molecule has 8 nitrogen and oxygen atoms in total. The molecule has 2 aliphatic rings. The van der Waals surface area contributed by atoms with Gasteiger partial charge in [0.2, 0.25) is 0 Å². The number of benzene rings is 2. The molecule has 0 spiro atoms. The number of aromatic nitrogens is 1.